The fraction of sp³-hybridized carbons (Fsp3) is 0.556. The first kappa shape index (κ1) is 14.7. The second-order valence-electron chi connectivity index (χ2n) is 6.92. The van der Waals surface area contributed by atoms with Gasteiger partial charge in [-0.15, -0.1) is 0 Å². The third kappa shape index (κ3) is 2.53. The van der Waals surface area contributed by atoms with Crippen molar-refractivity contribution in [2.75, 3.05) is 13.1 Å². The molecule has 0 aromatic heterocycles. The van der Waals surface area contributed by atoms with Crippen LogP contribution in [0.2, 0.25) is 0 Å². The van der Waals surface area contributed by atoms with E-state index in [-0.39, 0.29) is 30.0 Å². The molecule has 0 saturated carbocycles. The molecule has 3 saturated heterocycles. The minimum Gasteiger partial charge on any atom is -0.481 e. The molecule has 1 amide bonds. The van der Waals surface area contributed by atoms with E-state index in [1.807, 2.05) is 30.3 Å². The van der Waals surface area contributed by atoms with E-state index in [9.17, 15) is 14.7 Å². The van der Waals surface area contributed by atoms with Crippen molar-refractivity contribution in [3.63, 3.8) is 0 Å². The standard InChI is InChI=1S/C18H21NO4/c20-17(13-8-12-6-7-16(13)23-12)19-9-14(15(10-19)18(21)22)11-4-2-1-3-5-11/h1-5,12-16H,6-10H2,(H,21,22). The van der Waals surface area contributed by atoms with Crippen LogP contribution < -0.4 is 0 Å². The third-order valence-electron chi connectivity index (χ3n) is 5.60. The monoisotopic (exact) mass is 315 g/mol. The van der Waals surface area contributed by atoms with Crippen molar-refractivity contribution in [2.24, 2.45) is 11.8 Å². The van der Waals surface area contributed by atoms with E-state index in [1.54, 1.807) is 4.90 Å². The molecule has 1 aromatic rings. The average molecular weight is 315 g/mol. The quantitative estimate of drug-likeness (QED) is 0.925. The van der Waals surface area contributed by atoms with E-state index >= 15 is 0 Å². The zero-order valence-corrected chi connectivity index (χ0v) is 12.9. The summed E-state index contributed by atoms with van der Waals surface area (Å²) in [4.78, 5) is 26.2. The molecule has 3 aliphatic rings. The predicted molar refractivity (Wildman–Crippen MR) is 82.9 cm³/mol. The van der Waals surface area contributed by atoms with Gasteiger partial charge in [0.05, 0.1) is 24.0 Å². The highest BCUT2D eigenvalue weighted by Gasteiger charge is 2.48. The van der Waals surface area contributed by atoms with E-state index < -0.39 is 11.9 Å². The second-order valence-corrected chi connectivity index (χ2v) is 6.92. The van der Waals surface area contributed by atoms with Crippen LogP contribution in [0.3, 0.4) is 0 Å². The maximum Gasteiger partial charge on any atom is 0.308 e. The van der Waals surface area contributed by atoms with Gasteiger partial charge in [0.25, 0.3) is 0 Å². The number of ether oxygens (including phenoxy) is 1. The van der Waals surface area contributed by atoms with Crippen LogP contribution in [0.5, 0.6) is 0 Å². The third-order valence-corrected chi connectivity index (χ3v) is 5.60. The molecule has 0 spiro atoms. The molecule has 122 valence electrons. The maximum absolute atomic E-state index is 12.8. The first-order chi connectivity index (χ1) is 11.1. The molecule has 23 heavy (non-hydrogen) atoms. The summed E-state index contributed by atoms with van der Waals surface area (Å²) < 4.78 is 5.79. The van der Waals surface area contributed by atoms with E-state index in [0.29, 0.717) is 13.1 Å². The summed E-state index contributed by atoms with van der Waals surface area (Å²) in [5.74, 6) is -1.46. The van der Waals surface area contributed by atoms with Crippen LogP contribution in [-0.4, -0.2) is 47.2 Å². The summed E-state index contributed by atoms with van der Waals surface area (Å²) >= 11 is 0. The zero-order valence-electron chi connectivity index (χ0n) is 12.9. The first-order valence-electron chi connectivity index (χ1n) is 8.35. The molecular formula is C18H21NO4. The summed E-state index contributed by atoms with van der Waals surface area (Å²) in [6.07, 6.45) is 3.09. The fourth-order valence-corrected chi connectivity index (χ4v) is 4.40. The minimum absolute atomic E-state index is 0.0477. The highest BCUT2D eigenvalue weighted by Crippen LogP contribution is 2.41. The van der Waals surface area contributed by atoms with Crippen molar-refractivity contribution in [2.45, 2.75) is 37.4 Å². The Labute approximate surface area is 135 Å². The fourth-order valence-electron chi connectivity index (χ4n) is 4.40. The summed E-state index contributed by atoms with van der Waals surface area (Å²) in [5.41, 5.74) is 0.999. The van der Waals surface area contributed by atoms with Crippen LogP contribution in [0.15, 0.2) is 30.3 Å². The summed E-state index contributed by atoms with van der Waals surface area (Å²) in [7, 11) is 0. The number of hydrogen-bond acceptors (Lipinski definition) is 3. The van der Waals surface area contributed by atoms with E-state index in [0.717, 1.165) is 24.8 Å². The molecule has 0 aliphatic carbocycles. The van der Waals surface area contributed by atoms with Gasteiger partial charge in [-0.2, -0.15) is 0 Å². The minimum atomic E-state index is -0.821. The molecule has 5 nitrogen and oxygen atoms in total. The number of fused-ring (bicyclic) bond motifs is 2. The number of hydrogen-bond donors (Lipinski definition) is 1. The second kappa shape index (κ2) is 5.64. The van der Waals surface area contributed by atoms with Gasteiger partial charge in [-0.25, -0.2) is 0 Å². The van der Waals surface area contributed by atoms with Crippen molar-refractivity contribution in [1.82, 2.24) is 4.90 Å². The SMILES string of the molecule is O=C(O)C1CN(C(=O)C2CC3CCC2O3)CC1c1ccccc1. The number of amides is 1. The van der Waals surface area contributed by atoms with Crippen LogP contribution in [0.25, 0.3) is 0 Å². The molecule has 4 rings (SSSR count). The highest BCUT2D eigenvalue weighted by molar-refractivity contribution is 5.82. The van der Waals surface area contributed by atoms with Gasteiger partial charge < -0.3 is 14.7 Å². The molecule has 5 heteroatoms. The number of carbonyl (C=O) groups is 2. The van der Waals surface area contributed by atoms with Gasteiger partial charge in [0.15, 0.2) is 0 Å². The normalized spacial score (nSPS) is 35.7. The van der Waals surface area contributed by atoms with Gasteiger partial charge in [-0.3, -0.25) is 9.59 Å². The van der Waals surface area contributed by atoms with Crippen molar-refractivity contribution in [3.05, 3.63) is 35.9 Å². The number of carbonyl (C=O) groups excluding carboxylic acids is 1. The molecule has 3 fully saturated rings. The largest absolute Gasteiger partial charge is 0.481 e. The Morgan fingerprint density at radius 2 is 1.87 bits per heavy atom. The molecule has 2 bridgehead atoms. The van der Waals surface area contributed by atoms with Crippen molar-refractivity contribution in [3.8, 4) is 0 Å². The Morgan fingerprint density at radius 1 is 1.09 bits per heavy atom. The van der Waals surface area contributed by atoms with Crippen LogP contribution in [0.1, 0.15) is 30.7 Å². The lowest BCUT2D eigenvalue weighted by atomic mass is 9.88. The zero-order chi connectivity index (χ0) is 16.0. The molecule has 3 heterocycles. The van der Waals surface area contributed by atoms with E-state index in [2.05, 4.69) is 0 Å². The topological polar surface area (TPSA) is 66.8 Å². The number of nitrogens with zero attached hydrogens (tertiary/aromatic N) is 1. The van der Waals surface area contributed by atoms with Gasteiger partial charge in [0, 0.05) is 19.0 Å². The Hall–Kier alpha value is -1.88. The molecular weight excluding hydrogens is 294 g/mol. The van der Waals surface area contributed by atoms with Gasteiger partial charge in [-0.1, -0.05) is 30.3 Å². The number of carboxylic acid groups (broad SMARTS) is 1. The van der Waals surface area contributed by atoms with Gasteiger partial charge >= 0.3 is 5.97 Å². The lowest BCUT2D eigenvalue weighted by Crippen LogP contribution is -2.39. The number of carboxylic acids is 1. The Bertz CT molecular complexity index is 617. The lowest BCUT2D eigenvalue weighted by Gasteiger charge is -2.24. The Kier molecular flexibility index (Phi) is 3.60. The number of likely N-dealkylation sites (tertiary alicyclic amines) is 1. The summed E-state index contributed by atoms with van der Waals surface area (Å²) in [6.45, 7) is 0.801. The van der Waals surface area contributed by atoms with Gasteiger partial charge in [-0.05, 0) is 24.8 Å². The molecule has 5 unspecified atom stereocenters. The Balaban J connectivity index is 1.52. The van der Waals surface area contributed by atoms with Crippen molar-refractivity contribution in [1.29, 1.82) is 0 Å². The van der Waals surface area contributed by atoms with Gasteiger partial charge in [0.1, 0.15) is 0 Å². The Morgan fingerprint density at radius 3 is 2.48 bits per heavy atom. The van der Waals surface area contributed by atoms with E-state index in [4.69, 9.17) is 4.74 Å². The van der Waals surface area contributed by atoms with E-state index in [1.165, 1.54) is 0 Å². The lowest BCUT2D eigenvalue weighted by molar-refractivity contribution is -0.142. The smallest absolute Gasteiger partial charge is 0.308 e. The van der Waals surface area contributed by atoms with Crippen LogP contribution in [-0.2, 0) is 14.3 Å². The molecule has 0 radical (unpaired) electrons. The molecule has 3 aliphatic heterocycles. The highest BCUT2D eigenvalue weighted by atomic mass is 16.5. The molecule has 1 aromatic carbocycles. The number of aliphatic carboxylic acids is 1. The number of rotatable bonds is 3. The van der Waals surface area contributed by atoms with Gasteiger partial charge in [0.2, 0.25) is 5.91 Å². The van der Waals surface area contributed by atoms with Crippen LogP contribution >= 0.6 is 0 Å². The molecule has 5 atom stereocenters. The van der Waals surface area contributed by atoms with Crippen LogP contribution in [0.4, 0.5) is 0 Å². The van der Waals surface area contributed by atoms with Crippen molar-refractivity contribution >= 4 is 11.9 Å². The maximum atomic E-state index is 12.8. The predicted octanol–water partition coefficient (Wildman–Crippen LogP) is 1.88. The average Bonchev–Trinajstić information content (AvgIpc) is 3.29. The summed E-state index contributed by atoms with van der Waals surface area (Å²) in [6, 6.07) is 9.67. The van der Waals surface area contributed by atoms with Crippen LogP contribution in [0, 0.1) is 11.8 Å². The first-order valence-corrected chi connectivity index (χ1v) is 8.35. The summed E-state index contributed by atoms with van der Waals surface area (Å²) in [5, 5.41) is 9.55. The molecule has 1 N–H and O–H groups in total. The number of benzene rings is 1. The van der Waals surface area contributed by atoms with Crippen molar-refractivity contribution < 1.29 is 19.4 Å².